The zero-order valence-electron chi connectivity index (χ0n) is 14.1. The van der Waals surface area contributed by atoms with E-state index in [1.165, 1.54) is 12.3 Å². The van der Waals surface area contributed by atoms with Crippen LogP contribution in [0.2, 0.25) is 5.15 Å². The molecule has 0 spiro atoms. The van der Waals surface area contributed by atoms with Crippen molar-refractivity contribution in [3.63, 3.8) is 0 Å². The number of pyridine rings is 1. The number of carbonyl (C=O) groups is 1. The lowest BCUT2D eigenvalue weighted by molar-refractivity contribution is -0.151. The molecule has 0 bridgehead atoms. The highest BCUT2D eigenvalue weighted by molar-refractivity contribution is 6.29. The van der Waals surface area contributed by atoms with Crippen molar-refractivity contribution in [2.24, 2.45) is 0 Å². The SMILES string of the molecule is C=CC(=O)N1[C@H](c2cc(Cl)nc(-c3ccnc(N)n3)c2)COC[C@H]1C(F)F. The largest absolute Gasteiger partial charge is 0.377 e. The second-order valence-corrected chi connectivity index (χ2v) is 6.20. The minimum absolute atomic E-state index is 0.0362. The molecule has 0 radical (unpaired) electrons. The zero-order valence-corrected chi connectivity index (χ0v) is 14.8. The minimum Gasteiger partial charge on any atom is -0.377 e. The third-order valence-electron chi connectivity index (χ3n) is 4.12. The monoisotopic (exact) mass is 395 g/mol. The van der Waals surface area contributed by atoms with Crippen LogP contribution >= 0.6 is 11.6 Å². The van der Waals surface area contributed by atoms with E-state index in [-0.39, 0.29) is 24.3 Å². The van der Waals surface area contributed by atoms with Crippen LogP contribution in [0, 0.1) is 0 Å². The average Bonchev–Trinajstić information content (AvgIpc) is 2.66. The van der Waals surface area contributed by atoms with Crippen molar-refractivity contribution in [2.45, 2.75) is 18.5 Å². The highest BCUT2D eigenvalue weighted by Crippen LogP contribution is 2.33. The van der Waals surface area contributed by atoms with Gasteiger partial charge in [-0.25, -0.2) is 23.7 Å². The van der Waals surface area contributed by atoms with Crippen LogP contribution in [0.15, 0.2) is 37.1 Å². The van der Waals surface area contributed by atoms with Gasteiger partial charge in [0.15, 0.2) is 0 Å². The third-order valence-corrected chi connectivity index (χ3v) is 4.31. The van der Waals surface area contributed by atoms with E-state index in [9.17, 15) is 13.6 Å². The number of alkyl halides is 2. The maximum atomic E-state index is 13.4. The Morgan fingerprint density at radius 1 is 1.37 bits per heavy atom. The molecule has 2 aromatic rings. The Morgan fingerprint density at radius 3 is 2.81 bits per heavy atom. The topological polar surface area (TPSA) is 94.2 Å². The number of halogens is 3. The molecule has 27 heavy (non-hydrogen) atoms. The first-order chi connectivity index (χ1) is 12.9. The van der Waals surface area contributed by atoms with Crippen LogP contribution in [0.5, 0.6) is 0 Å². The lowest BCUT2D eigenvalue weighted by atomic mass is 10.0. The van der Waals surface area contributed by atoms with Crippen molar-refractivity contribution in [2.75, 3.05) is 18.9 Å². The standard InChI is InChI=1S/C17H16ClF2N5O2/c1-2-15(26)25-12(7-27-8-13(25)16(19)20)9-5-11(23-14(18)6-9)10-3-4-22-17(21)24-10/h2-6,12-13,16H,1,7-8H2,(H2,21,22,24)/t12-,13-/m0/s1. The quantitative estimate of drug-likeness (QED) is 0.631. The van der Waals surface area contributed by atoms with Crippen LogP contribution in [-0.4, -0.2) is 51.4 Å². The Kier molecular flexibility index (Phi) is 5.62. The number of rotatable bonds is 4. The molecule has 2 N–H and O–H groups in total. The zero-order chi connectivity index (χ0) is 19.6. The van der Waals surface area contributed by atoms with Crippen molar-refractivity contribution >= 4 is 23.5 Å². The molecule has 3 rings (SSSR count). The van der Waals surface area contributed by atoms with E-state index in [2.05, 4.69) is 21.5 Å². The Hall–Kier alpha value is -2.65. The van der Waals surface area contributed by atoms with Crippen LogP contribution in [0.4, 0.5) is 14.7 Å². The molecule has 10 heteroatoms. The van der Waals surface area contributed by atoms with Crippen molar-refractivity contribution in [3.8, 4) is 11.4 Å². The van der Waals surface area contributed by atoms with E-state index in [0.717, 1.165) is 11.0 Å². The number of carbonyl (C=O) groups excluding carboxylic acids is 1. The number of hydrogen-bond acceptors (Lipinski definition) is 6. The molecule has 142 valence electrons. The normalized spacial score (nSPS) is 19.9. The Balaban J connectivity index is 2.05. The number of hydrogen-bond donors (Lipinski definition) is 1. The van der Waals surface area contributed by atoms with Gasteiger partial charge in [0.05, 0.1) is 30.6 Å². The van der Waals surface area contributed by atoms with Gasteiger partial charge in [0, 0.05) is 6.20 Å². The molecular weight excluding hydrogens is 380 g/mol. The molecule has 1 fully saturated rings. The van der Waals surface area contributed by atoms with Gasteiger partial charge in [-0.1, -0.05) is 18.2 Å². The predicted octanol–water partition coefficient (Wildman–Crippen LogP) is 2.49. The summed E-state index contributed by atoms with van der Waals surface area (Å²) in [6.07, 6.45) is -0.304. The average molecular weight is 396 g/mol. The summed E-state index contributed by atoms with van der Waals surface area (Å²) in [6, 6.07) is 2.53. The molecule has 1 aliphatic rings. The molecule has 1 amide bonds. The lowest BCUT2D eigenvalue weighted by Crippen LogP contribution is -2.53. The van der Waals surface area contributed by atoms with E-state index >= 15 is 0 Å². The second kappa shape index (κ2) is 7.93. The van der Waals surface area contributed by atoms with Crippen LogP contribution < -0.4 is 5.73 Å². The Bertz CT molecular complexity index is 867. The minimum atomic E-state index is -2.77. The summed E-state index contributed by atoms with van der Waals surface area (Å²) < 4.78 is 32.2. The van der Waals surface area contributed by atoms with Crippen LogP contribution in [0.1, 0.15) is 11.6 Å². The molecule has 3 heterocycles. The first-order valence-electron chi connectivity index (χ1n) is 7.97. The van der Waals surface area contributed by atoms with Crippen molar-refractivity contribution in [1.82, 2.24) is 19.9 Å². The van der Waals surface area contributed by atoms with E-state index in [1.807, 2.05) is 0 Å². The number of amides is 1. The maximum absolute atomic E-state index is 13.4. The smallest absolute Gasteiger partial charge is 0.260 e. The van der Waals surface area contributed by atoms with Gasteiger partial charge in [-0.15, -0.1) is 0 Å². The molecule has 7 nitrogen and oxygen atoms in total. The van der Waals surface area contributed by atoms with Crippen LogP contribution in [0.3, 0.4) is 0 Å². The van der Waals surface area contributed by atoms with E-state index < -0.39 is 24.4 Å². The molecule has 0 aliphatic carbocycles. The highest BCUT2D eigenvalue weighted by atomic mass is 35.5. The molecule has 2 aromatic heterocycles. The molecule has 1 aliphatic heterocycles. The number of anilines is 1. The van der Waals surface area contributed by atoms with E-state index in [0.29, 0.717) is 17.0 Å². The first-order valence-corrected chi connectivity index (χ1v) is 8.35. The summed E-state index contributed by atoms with van der Waals surface area (Å²) in [5.41, 5.74) is 6.87. The summed E-state index contributed by atoms with van der Waals surface area (Å²) in [6.45, 7) is 3.18. The predicted molar refractivity (Wildman–Crippen MR) is 95.1 cm³/mol. The fraction of sp³-hybridized carbons (Fsp3) is 0.294. The van der Waals surface area contributed by atoms with E-state index in [4.69, 9.17) is 22.1 Å². The summed E-state index contributed by atoms with van der Waals surface area (Å²) in [7, 11) is 0. The second-order valence-electron chi connectivity index (χ2n) is 5.81. The van der Waals surface area contributed by atoms with Gasteiger partial charge in [0.2, 0.25) is 11.9 Å². The number of nitrogens with two attached hydrogens (primary N) is 1. The Morgan fingerprint density at radius 2 is 2.15 bits per heavy atom. The van der Waals surface area contributed by atoms with Crippen LogP contribution in [-0.2, 0) is 9.53 Å². The molecular formula is C17H16ClF2N5O2. The Labute approximate surface area is 158 Å². The fourth-order valence-corrected chi connectivity index (χ4v) is 3.14. The van der Waals surface area contributed by atoms with Gasteiger partial charge in [-0.3, -0.25) is 4.79 Å². The molecule has 1 saturated heterocycles. The van der Waals surface area contributed by atoms with Crippen molar-refractivity contribution < 1.29 is 18.3 Å². The van der Waals surface area contributed by atoms with Gasteiger partial charge in [-0.05, 0) is 29.8 Å². The first kappa shape index (κ1) is 19.1. The number of nitrogens with zero attached hydrogens (tertiary/aromatic N) is 4. The summed E-state index contributed by atoms with van der Waals surface area (Å²) in [5, 5.41) is 0.116. The molecule has 2 atom stereocenters. The molecule has 0 saturated carbocycles. The van der Waals surface area contributed by atoms with Crippen molar-refractivity contribution in [3.05, 3.63) is 47.8 Å². The number of aromatic nitrogens is 3. The van der Waals surface area contributed by atoms with Gasteiger partial charge >= 0.3 is 0 Å². The summed E-state index contributed by atoms with van der Waals surface area (Å²) in [4.78, 5) is 25.4. The maximum Gasteiger partial charge on any atom is 0.260 e. The molecule has 0 aromatic carbocycles. The molecule has 0 unspecified atom stereocenters. The summed E-state index contributed by atoms with van der Waals surface area (Å²) >= 11 is 6.12. The fourth-order valence-electron chi connectivity index (χ4n) is 2.92. The van der Waals surface area contributed by atoms with Gasteiger partial charge < -0.3 is 15.4 Å². The van der Waals surface area contributed by atoms with Gasteiger partial charge in [0.25, 0.3) is 6.43 Å². The van der Waals surface area contributed by atoms with Gasteiger partial charge in [-0.2, -0.15) is 0 Å². The van der Waals surface area contributed by atoms with Crippen LogP contribution in [0.25, 0.3) is 11.4 Å². The number of nitrogen functional groups attached to an aromatic ring is 1. The van der Waals surface area contributed by atoms with Crippen molar-refractivity contribution in [1.29, 1.82) is 0 Å². The highest BCUT2D eigenvalue weighted by Gasteiger charge is 2.40. The summed E-state index contributed by atoms with van der Waals surface area (Å²) in [5.74, 6) is -0.563. The lowest BCUT2D eigenvalue weighted by Gasteiger charge is -2.41. The van der Waals surface area contributed by atoms with Gasteiger partial charge in [0.1, 0.15) is 11.2 Å². The van der Waals surface area contributed by atoms with E-state index in [1.54, 1.807) is 12.1 Å². The third kappa shape index (κ3) is 4.04. The number of ether oxygens (including phenoxy) is 1. The number of morpholine rings is 1.